The van der Waals surface area contributed by atoms with Gasteiger partial charge in [0.1, 0.15) is 0 Å². The van der Waals surface area contributed by atoms with Crippen LogP contribution in [0.2, 0.25) is 0 Å². The summed E-state index contributed by atoms with van der Waals surface area (Å²) in [6, 6.07) is 0. The number of hydrogen-bond donors (Lipinski definition) is 1. The zero-order valence-corrected chi connectivity index (χ0v) is 9.90. The molecule has 1 fully saturated rings. The van der Waals surface area contributed by atoms with Gasteiger partial charge in [-0.1, -0.05) is 13.8 Å². The number of carbonyl (C=O) groups is 1. The van der Waals surface area contributed by atoms with Crippen molar-refractivity contribution in [2.45, 2.75) is 46.1 Å². The van der Waals surface area contributed by atoms with Crippen LogP contribution in [0.1, 0.15) is 40.0 Å². The Labute approximate surface area is 91.8 Å². The predicted octanol–water partition coefficient (Wildman–Crippen LogP) is 1.98. The Hall–Kier alpha value is -0.570. The van der Waals surface area contributed by atoms with Gasteiger partial charge in [-0.15, -0.1) is 0 Å². The first-order valence-corrected chi connectivity index (χ1v) is 5.88. The van der Waals surface area contributed by atoms with Gasteiger partial charge in [-0.2, -0.15) is 0 Å². The van der Waals surface area contributed by atoms with Gasteiger partial charge in [0, 0.05) is 6.42 Å². The van der Waals surface area contributed by atoms with E-state index in [2.05, 4.69) is 13.8 Å². The zero-order chi connectivity index (χ0) is 11.4. The first kappa shape index (κ1) is 12.5. The summed E-state index contributed by atoms with van der Waals surface area (Å²) in [5, 5.41) is 9.79. The molecule has 0 aliphatic heterocycles. The highest BCUT2D eigenvalue weighted by atomic mass is 16.5. The van der Waals surface area contributed by atoms with E-state index in [4.69, 9.17) is 4.74 Å². The molecule has 88 valence electrons. The van der Waals surface area contributed by atoms with Gasteiger partial charge in [0.15, 0.2) is 0 Å². The lowest BCUT2D eigenvalue weighted by molar-refractivity contribution is -0.145. The molecule has 1 rings (SSSR count). The third-order valence-corrected chi connectivity index (χ3v) is 3.34. The molecule has 3 heteroatoms. The Morgan fingerprint density at radius 2 is 1.87 bits per heavy atom. The van der Waals surface area contributed by atoms with Crippen LogP contribution >= 0.6 is 0 Å². The van der Waals surface area contributed by atoms with Crippen LogP contribution in [0.25, 0.3) is 0 Å². The fourth-order valence-electron chi connectivity index (χ4n) is 2.61. The van der Waals surface area contributed by atoms with Crippen molar-refractivity contribution in [1.29, 1.82) is 0 Å². The molecule has 0 radical (unpaired) electrons. The molecule has 0 saturated heterocycles. The minimum absolute atomic E-state index is 0.0988. The van der Waals surface area contributed by atoms with E-state index in [0.717, 1.165) is 12.8 Å². The Balaban J connectivity index is 2.41. The number of ether oxygens (including phenoxy) is 1. The van der Waals surface area contributed by atoms with Gasteiger partial charge in [-0.25, -0.2) is 0 Å². The number of carbonyl (C=O) groups excluding carboxylic acids is 1. The van der Waals surface area contributed by atoms with Crippen LogP contribution in [0.5, 0.6) is 0 Å². The highest BCUT2D eigenvalue weighted by molar-refractivity contribution is 5.69. The molecule has 0 spiro atoms. The average molecular weight is 214 g/mol. The zero-order valence-electron chi connectivity index (χ0n) is 9.90. The van der Waals surface area contributed by atoms with Crippen LogP contribution in [0.3, 0.4) is 0 Å². The van der Waals surface area contributed by atoms with Gasteiger partial charge in [0.25, 0.3) is 0 Å². The van der Waals surface area contributed by atoms with Crippen molar-refractivity contribution in [1.82, 2.24) is 0 Å². The van der Waals surface area contributed by atoms with E-state index in [1.54, 1.807) is 0 Å². The molecule has 0 amide bonds. The molecule has 1 aliphatic carbocycles. The van der Waals surface area contributed by atoms with Crippen LogP contribution in [-0.2, 0) is 9.53 Å². The summed E-state index contributed by atoms with van der Waals surface area (Å²) >= 11 is 0. The Kier molecular flexibility index (Phi) is 4.58. The molecule has 0 aromatic rings. The summed E-state index contributed by atoms with van der Waals surface area (Å²) in [6.07, 6.45) is 2.17. The Morgan fingerprint density at radius 1 is 1.33 bits per heavy atom. The lowest BCUT2D eigenvalue weighted by Gasteiger charge is -2.35. The van der Waals surface area contributed by atoms with Crippen molar-refractivity contribution in [3.8, 4) is 0 Å². The van der Waals surface area contributed by atoms with E-state index in [9.17, 15) is 9.90 Å². The third kappa shape index (κ3) is 3.49. The molecule has 0 bridgehead atoms. The molecular formula is C12H22O3. The number of hydrogen-bond acceptors (Lipinski definition) is 3. The van der Waals surface area contributed by atoms with E-state index >= 15 is 0 Å². The van der Waals surface area contributed by atoms with E-state index < -0.39 is 0 Å². The van der Waals surface area contributed by atoms with Crippen molar-refractivity contribution in [2.24, 2.45) is 17.8 Å². The summed E-state index contributed by atoms with van der Waals surface area (Å²) in [5.41, 5.74) is 0. The molecule has 2 atom stereocenters. The van der Waals surface area contributed by atoms with Crippen LogP contribution in [0.15, 0.2) is 0 Å². The topological polar surface area (TPSA) is 46.5 Å². The molecule has 1 saturated carbocycles. The first-order valence-electron chi connectivity index (χ1n) is 5.88. The van der Waals surface area contributed by atoms with Crippen molar-refractivity contribution in [3.05, 3.63) is 0 Å². The van der Waals surface area contributed by atoms with Crippen molar-refractivity contribution < 1.29 is 14.6 Å². The summed E-state index contributed by atoms with van der Waals surface area (Å²) < 4.78 is 4.94. The van der Waals surface area contributed by atoms with Crippen LogP contribution in [0.4, 0.5) is 0 Å². The maximum absolute atomic E-state index is 11.3. The molecular weight excluding hydrogens is 192 g/mol. The van der Waals surface area contributed by atoms with Crippen molar-refractivity contribution >= 4 is 5.97 Å². The minimum Gasteiger partial charge on any atom is -0.466 e. The fourth-order valence-corrected chi connectivity index (χ4v) is 2.61. The molecule has 0 heterocycles. The quantitative estimate of drug-likeness (QED) is 0.731. The Morgan fingerprint density at radius 3 is 2.33 bits per heavy atom. The third-order valence-electron chi connectivity index (χ3n) is 3.34. The van der Waals surface area contributed by atoms with E-state index in [1.165, 1.54) is 0 Å². The van der Waals surface area contributed by atoms with Gasteiger partial charge in [-0.05, 0) is 37.5 Å². The van der Waals surface area contributed by atoms with E-state index in [0.29, 0.717) is 30.8 Å². The normalized spacial score (nSPS) is 36.3. The molecule has 1 N–H and O–H groups in total. The second kappa shape index (κ2) is 5.50. The maximum atomic E-state index is 11.3. The van der Waals surface area contributed by atoms with Crippen molar-refractivity contribution in [3.63, 3.8) is 0 Å². The predicted molar refractivity (Wildman–Crippen MR) is 58.3 cm³/mol. The molecule has 15 heavy (non-hydrogen) atoms. The summed E-state index contributed by atoms with van der Waals surface area (Å²) in [5.74, 6) is 0.886. The van der Waals surface area contributed by atoms with Crippen molar-refractivity contribution in [2.75, 3.05) is 6.61 Å². The Bertz CT molecular complexity index is 203. The van der Waals surface area contributed by atoms with Crippen LogP contribution in [0, 0.1) is 17.8 Å². The van der Waals surface area contributed by atoms with Crippen LogP contribution in [-0.4, -0.2) is 23.8 Å². The number of aliphatic hydroxyl groups is 1. The lowest BCUT2D eigenvalue weighted by Crippen LogP contribution is -2.35. The second-order valence-corrected chi connectivity index (χ2v) is 4.79. The maximum Gasteiger partial charge on any atom is 0.306 e. The SMILES string of the molecule is CCOC(=O)CC1CC(C)C(O)C(C)C1. The van der Waals surface area contributed by atoms with Gasteiger partial charge in [0.2, 0.25) is 0 Å². The lowest BCUT2D eigenvalue weighted by atomic mass is 9.73. The molecule has 2 unspecified atom stereocenters. The molecule has 1 aliphatic rings. The van der Waals surface area contributed by atoms with Gasteiger partial charge in [-0.3, -0.25) is 4.79 Å². The first-order chi connectivity index (χ1) is 7.04. The smallest absolute Gasteiger partial charge is 0.306 e. The summed E-state index contributed by atoms with van der Waals surface area (Å²) in [7, 11) is 0. The number of rotatable bonds is 3. The highest BCUT2D eigenvalue weighted by Gasteiger charge is 2.32. The number of aliphatic hydroxyl groups excluding tert-OH is 1. The summed E-state index contributed by atoms with van der Waals surface area (Å²) in [6.45, 7) is 6.39. The average Bonchev–Trinajstić information content (AvgIpc) is 2.14. The number of esters is 1. The fraction of sp³-hybridized carbons (Fsp3) is 0.917. The molecule has 0 aromatic heterocycles. The van der Waals surface area contributed by atoms with Gasteiger partial charge >= 0.3 is 5.97 Å². The standard InChI is InChI=1S/C12H22O3/c1-4-15-11(13)7-10-5-8(2)12(14)9(3)6-10/h8-10,12,14H,4-7H2,1-3H3. The van der Waals surface area contributed by atoms with Gasteiger partial charge < -0.3 is 9.84 Å². The van der Waals surface area contributed by atoms with Gasteiger partial charge in [0.05, 0.1) is 12.7 Å². The largest absolute Gasteiger partial charge is 0.466 e. The van der Waals surface area contributed by atoms with E-state index in [-0.39, 0.29) is 12.1 Å². The molecule has 3 nitrogen and oxygen atoms in total. The highest BCUT2D eigenvalue weighted by Crippen LogP contribution is 2.35. The second-order valence-electron chi connectivity index (χ2n) is 4.79. The molecule has 0 aromatic carbocycles. The minimum atomic E-state index is -0.205. The monoisotopic (exact) mass is 214 g/mol. The van der Waals surface area contributed by atoms with Crippen LogP contribution < -0.4 is 0 Å². The summed E-state index contributed by atoms with van der Waals surface area (Å²) in [4.78, 5) is 11.3. The van der Waals surface area contributed by atoms with E-state index in [1.807, 2.05) is 6.92 Å².